The summed E-state index contributed by atoms with van der Waals surface area (Å²) in [6, 6.07) is 0. The number of hydrogen-bond donors (Lipinski definition) is 1. The predicted molar refractivity (Wildman–Crippen MR) is 62.9 cm³/mol. The smallest absolute Gasteiger partial charge is 0.0774 e. The molecule has 2 rings (SSSR count). The fraction of sp³-hybridized carbons (Fsp3) is 1.00. The van der Waals surface area contributed by atoms with Crippen molar-refractivity contribution in [1.82, 2.24) is 4.90 Å². The van der Waals surface area contributed by atoms with Crippen LogP contribution in [0.3, 0.4) is 0 Å². The summed E-state index contributed by atoms with van der Waals surface area (Å²) in [5, 5.41) is 10.5. The lowest BCUT2D eigenvalue weighted by Gasteiger charge is -2.36. The molecule has 0 radical (unpaired) electrons. The van der Waals surface area contributed by atoms with E-state index >= 15 is 0 Å². The first-order valence-corrected chi connectivity index (χ1v) is 6.73. The maximum atomic E-state index is 10.5. The van der Waals surface area contributed by atoms with Crippen LogP contribution in [0.5, 0.6) is 0 Å². The van der Waals surface area contributed by atoms with Crippen LogP contribution in [0.1, 0.15) is 57.8 Å². The minimum Gasteiger partial charge on any atom is -0.389 e. The number of likely N-dealkylation sites (tertiary alicyclic amines) is 1. The van der Waals surface area contributed by atoms with Crippen LogP contribution in [0.25, 0.3) is 0 Å². The minimum atomic E-state index is -0.345. The summed E-state index contributed by atoms with van der Waals surface area (Å²) in [6.07, 6.45) is 11.3. The molecule has 0 aromatic carbocycles. The summed E-state index contributed by atoms with van der Waals surface area (Å²) < 4.78 is 0. The van der Waals surface area contributed by atoms with Crippen molar-refractivity contribution in [2.24, 2.45) is 0 Å². The third-order valence-electron chi connectivity index (χ3n) is 4.00. The third-order valence-corrected chi connectivity index (χ3v) is 4.00. The van der Waals surface area contributed by atoms with E-state index in [1.807, 2.05) is 0 Å². The van der Waals surface area contributed by atoms with Crippen molar-refractivity contribution in [2.75, 3.05) is 19.6 Å². The largest absolute Gasteiger partial charge is 0.389 e. The van der Waals surface area contributed by atoms with Crippen LogP contribution in [0.4, 0.5) is 0 Å². The quantitative estimate of drug-likeness (QED) is 0.759. The highest BCUT2D eigenvalue weighted by atomic mass is 16.3. The Labute approximate surface area is 93.7 Å². The first-order valence-electron chi connectivity index (χ1n) is 6.73. The Balaban J connectivity index is 1.82. The molecule has 2 heteroatoms. The van der Waals surface area contributed by atoms with Gasteiger partial charge in [-0.05, 0) is 38.8 Å². The highest BCUT2D eigenvalue weighted by Gasteiger charge is 2.31. The molecule has 15 heavy (non-hydrogen) atoms. The Bertz CT molecular complexity index is 179. The van der Waals surface area contributed by atoms with Crippen LogP contribution in [-0.2, 0) is 0 Å². The second kappa shape index (κ2) is 5.31. The lowest BCUT2D eigenvalue weighted by molar-refractivity contribution is -0.0255. The molecule has 1 aliphatic heterocycles. The molecule has 2 fully saturated rings. The number of aliphatic hydroxyl groups is 1. The van der Waals surface area contributed by atoms with E-state index in [0.29, 0.717) is 0 Å². The summed E-state index contributed by atoms with van der Waals surface area (Å²) in [5.41, 5.74) is -0.345. The van der Waals surface area contributed by atoms with Crippen molar-refractivity contribution in [3.8, 4) is 0 Å². The lowest BCUT2D eigenvalue weighted by Crippen LogP contribution is -2.44. The molecule has 0 aromatic heterocycles. The number of hydrogen-bond acceptors (Lipinski definition) is 2. The molecular formula is C13H25NO. The zero-order chi connectivity index (χ0) is 10.6. The van der Waals surface area contributed by atoms with Gasteiger partial charge < -0.3 is 10.0 Å². The zero-order valence-electron chi connectivity index (χ0n) is 9.88. The highest BCUT2D eigenvalue weighted by molar-refractivity contribution is 4.85. The van der Waals surface area contributed by atoms with Gasteiger partial charge in [0.1, 0.15) is 0 Å². The van der Waals surface area contributed by atoms with Gasteiger partial charge in [-0.15, -0.1) is 0 Å². The van der Waals surface area contributed by atoms with Crippen LogP contribution in [0, 0.1) is 0 Å². The molecule has 1 saturated heterocycles. The summed E-state index contributed by atoms with van der Waals surface area (Å²) >= 11 is 0. The number of nitrogens with zero attached hydrogens (tertiary/aromatic N) is 1. The van der Waals surface area contributed by atoms with Crippen molar-refractivity contribution in [3.05, 3.63) is 0 Å². The fourth-order valence-corrected chi connectivity index (χ4v) is 3.08. The molecule has 2 aliphatic rings. The van der Waals surface area contributed by atoms with E-state index in [-0.39, 0.29) is 5.60 Å². The van der Waals surface area contributed by atoms with Gasteiger partial charge in [-0.1, -0.05) is 32.1 Å². The van der Waals surface area contributed by atoms with Gasteiger partial charge in [0.25, 0.3) is 0 Å². The van der Waals surface area contributed by atoms with Crippen LogP contribution in [0.2, 0.25) is 0 Å². The Hall–Kier alpha value is -0.0800. The van der Waals surface area contributed by atoms with E-state index in [9.17, 15) is 5.11 Å². The summed E-state index contributed by atoms with van der Waals surface area (Å²) in [5.74, 6) is 0. The summed E-state index contributed by atoms with van der Waals surface area (Å²) in [7, 11) is 0. The topological polar surface area (TPSA) is 23.5 Å². The molecular weight excluding hydrogens is 186 g/mol. The summed E-state index contributed by atoms with van der Waals surface area (Å²) in [4.78, 5) is 2.50. The SMILES string of the molecule is OC1(CN2CCCCCC2)CCCCC1. The van der Waals surface area contributed by atoms with Gasteiger partial charge in [0.15, 0.2) is 0 Å². The van der Waals surface area contributed by atoms with Crippen LogP contribution < -0.4 is 0 Å². The Morgan fingerprint density at radius 1 is 0.800 bits per heavy atom. The molecule has 88 valence electrons. The third kappa shape index (κ3) is 3.46. The fourth-order valence-electron chi connectivity index (χ4n) is 3.08. The maximum Gasteiger partial charge on any atom is 0.0774 e. The highest BCUT2D eigenvalue weighted by Crippen LogP contribution is 2.29. The molecule has 0 atom stereocenters. The Kier molecular flexibility index (Phi) is 4.04. The van der Waals surface area contributed by atoms with E-state index < -0.39 is 0 Å². The molecule has 0 spiro atoms. The van der Waals surface area contributed by atoms with Gasteiger partial charge >= 0.3 is 0 Å². The number of rotatable bonds is 2. The van der Waals surface area contributed by atoms with E-state index in [1.54, 1.807) is 0 Å². The first-order chi connectivity index (χ1) is 7.29. The Morgan fingerprint density at radius 3 is 1.93 bits per heavy atom. The van der Waals surface area contributed by atoms with Gasteiger partial charge in [0.05, 0.1) is 5.60 Å². The molecule has 1 aliphatic carbocycles. The molecule has 0 amide bonds. The van der Waals surface area contributed by atoms with Crippen LogP contribution in [0.15, 0.2) is 0 Å². The predicted octanol–water partition coefficient (Wildman–Crippen LogP) is 2.56. The maximum absolute atomic E-state index is 10.5. The molecule has 1 saturated carbocycles. The molecule has 0 unspecified atom stereocenters. The van der Waals surface area contributed by atoms with Gasteiger partial charge in [0, 0.05) is 6.54 Å². The van der Waals surface area contributed by atoms with E-state index in [2.05, 4.69) is 4.90 Å². The second-order valence-corrected chi connectivity index (χ2v) is 5.48. The molecule has 0 bridgehead atoms. The van der Waals surface area contributed by atoms with Gasteiger partial charge in [-0.25, -0.2) is 0 Å². The second-order valence-electron chi connectivity index (χ2n) is 5.48. The van der Waals surface area contributed by atoms with Crippen molar-refractivity contribution >= 4 is 0 Å². The van der Waals surface area contributed by atoms with Crippen molar-refractivity contribution in [1.29, 1.82) is 0 Å². The molecule has 1 heterocycles. The van der Waals surface area contributed by atoms with Crippen LogP contribution >= 0.6 is 0 Å². The zero-order valence-corrected chi connectivity index (χ0v) is 9.88. The van der Waals surface area contributed by atoms with E-state index in [4.69, 9.17) is 0 Å². The molecule has 2 nitrogen and oxygen atoms in total. The molecule has 1 N–H and O–H groups in total. The Morgan fingerprint density at radius 2 is 1.33 bits per heavy atom. The van der Waals surface area contributed by atoms with Crippen molar-refractivity contribution < 1.29 is 5.11 Å². The van der Waals surface area contributed by atoms with Crippen molar-refractivity contribution in [2.45, 2.75) is 63.4 Å². The number of β-amino-alcohol motifs (C(OH)–C–C–N with tert-alkyl or cyclic N) is 1. The monoisotopic (exact) mass is 211 g/mol. The van der Waals surface area contributed by atoms with Gasteiger partial charge in [-0.2, -0.15) is 0 Å². The molecule has 0 aromatic rings. The van der Waals surface area contributed by atoms with Gasteiger partial charge in [-0.3, -0.25) is 0 Å². The average Bonchev–Trinajstić information content (AvgIpc) is 2.47. The lowest BCUT2D eigenvalue weighted by atomic mass is 9.84. The van der Waals surface area contributed by atoms with Crippen molar-refractivity contribution in [3.63, 3.8) is 0 Å². The van der Waals surface area contributed by atoms with Crippen LogP contribution in [-0.4, -0.2) is 35.2 Å². The average molecular weight is 211 g/mol. The van der Waals surface area contributed by atoms with E-state index in [0.717, 1.165) is 19.4 Å². The minimum absolute atomic E-state index is 0.345. The normalized spacial score (nSPS) is 28.6. The standard InChI is InChI=1S/C13H25NO/c15-13(8-4-3-5-9-13)12-14-10-6-1-2-7-11-14/h15H,1-12H2. The first kappa shape index (κ1) is 11.4. The van der Waals surface area contributed by atoms with Gasteiger partial charge in [0.2, 0.25) is 0 Å². The van der Waals surface area contributed by atoms with E-state index in [1.165, 1.54) is 58.0 Å². The summed E-state index contributed by atoms with van der Waals surface area (Å²) in [6.45, 7) is 3.36.